The van der Waals surface area contributed by atoms with Crippen molar-refractivity contribution >= 4 is 6.09 Å². The molecule has 28 heavy (non-hydrogen) atoms. The molecule has 6 heteroatoms. The molecule has 0 saturated heterocycles. The van der Waals surface area contributed by atoms with Crippen LogP contribution in [0.1, 0.15) is 43.9 Å². The third kappa shape index (κ3) is 5.65. The monoisotopic (exact) mass is 382 g/mol. The van der Waals surface area contributed by atoms with Gasteiger partial charge in [-0.1, -0.05) is 24.3 Å². The van der Waals surface area contributed by atoms with Crippen LogP contribution in [-0.2, 0) is 4.74 Å². The maximum atomic E-state index is 12.4. The SMILES string of the molecule is COc1ccc([C@H](C#N)[C@@H](NC(=O)OC(C)(C)C)c2ccc(OC)cc2)cc1. The highest BCUT2D eigenvalue weighted by Crippen LogP contribution is 2.32. The molecule has 1 N–H and O–H groups in total. The smallest absolute Gasteiger partial charge is 0.408 e. The van der Waals surface area contributed by atoms with Crippen molar-refractivity contribution in [2.45, 2.75) is 38.3 Å². The number of ether oxygens (including phenoxy) is 3. The Labute approximate surface area is 166 Å². The number of methoxy groups -OCH3 is 2. The van der Waals surface area contributed by atoms with E-state index in [1.165, 1.54) is 0 Å². The van der Waals surface area contributed by atoms with Crippen LogP contribution in [0.4, 0.5) is 4.79 Å². The molecule has 0 aliphatic rings. The van der Waals surface area contributed by atoms with Crippen LogP contribution >= 0.6 is 0 Å². The molecule has 6 nitrogen and oxygen atoms in total. The molecule has 0 unspecified atom stereocenters. The Bertz CT molecular complexity index is 818. The van der Waals surface area contributed by atoms with Gasteiger partial charge in [0.2, 0.25) is 0 Å². The zero-order chi connectivity index (χ0) is 20.7. The highest BCUT2D eigenvalue weighted by Gasteiger charge is 2.28. The van der Waals surface area contributed by atoms with Crippen molar-refractivity contribution in [2.24, 2.45) is 0 Å². The van der Waals surface area contributed by atoms with Crippen molar-refractivity contribution in [3.63, 3.8) is 0 Å². The second-order valence-corrected chi connectivity index (χ2v) is 7.28. The molecule has 1 amide bonds. The number of hydrogen-bond donors (Lipinski definition) is 1. The lowest BCUT2D eigenvalue weighted by atomic mass is 9.88. The number of nitriles is 1. The second-order valence-electron chi connectivity index (χ2n) is 7.28. The number of carbonyl (C=O) groups is 1. The summed E-state index contributed by atoms with van der Waals surface area (Å²) in [6.45, 7) is 5.38. The lowest BCUT2D eigenvalue weighted by Crippen LogP contribution is -2.37. The zero-order valence-corrected chi connectivity index (χ0v) is 16.9. The van der Waals surface area contributed by atoms with Crippen molar-refractivity contribution in [2.75, 3.05) is 14.2 Å². The lowest BCUT2D eigenvalue weighted by molar-refractivity contribution is 0.0500. The third-order valence-corrected chi connectivity index (χ3v) is 4.09. The fourth-order valence-corrected chi connectivity index (χ4v) is 2.76. The first-order valence-electron chi connectivity index (χ1n) is 8.94. The number of rotatable bonds is 6. The Hall–Kier alpha value is -3.20. The minimum absolute atomic E-state index is 0.581. The molecular formula is C22H26N2O4. The Kier molecular flexibility index (Phi) is 6.89. The van der Waals surface area contributed by atoms with Crippen molar-refractivity contribution in [3.8, 4) is 17.6 Å². The van der Waals surface area contributed by atoms with Gasteiger partial charge >= 0.3 is 6.09 Å². The highest BCUT2D eigenvalue weighted by molar-refractivity contribution is 5.69. The molecule has 2 rings (SSSR count). The van der Waals surface area contributed by atoms with E-state index < -0.39 is 23.7 Å². The number of nitrogens with one attached hydrogen (secondary N) is 1. The number of alkyl carbamates (subject to hydrolysis) is 1. The summed E-state index contributed by atoms with van der Waals surface area (Å²) in [7, 11) is 3.17. The Balaban J connectivity index is 2.38. The van der Waals surface area contributed by atoms with E-state index in [0.717, 1.165) is 11.1 Å². The quantitative estimate of drug-likeness (QED) is 0.791. The predicted molar refractivity (Wildman–Crippen MR) is 106 cm³/mol. The largest absolute Gasteiger partial charge is 0.497 e. The highest BCUT2D eigenvalue weighted by atomic mass is 16.6. The van der Waals surface area contributed by atoms with Crippen LogP contribution in [0.3, 0.4) is 0 Å². The molecule has 0 radical (unpaired) electrons. The molecule has 0 saturated carbocycles. The van der Waals surface area contributed by atoms with Crippen LogP contribution in [0.2, 0.25) is 0 Å². The van der Waals surface area contributed by atoms with Crippen LogP contribution < -0.4 is 14.8 Å². The van der Waals surface area contributed by atoms with Crippen molar-refractivity contribution in [1.82, 2.24) is 5.32 Å². The van der Waals surface area contributed by atoms with Gasteiger partial charge in [0.1, 0.15) is 17.1 Å². The van der Waals surface area contributed by atoms with Gasteiger partial charge in [0, 0.05) is 0 Å². The molecule has 0 spiro atoms. The average Bonchev–Trinajstić information content (AvgIpc) is 2.67. The summed E-state index contributed by atoms with van der Waals surface area (Å²) in [5.41, 5.74) is 0.894. The molecule has 0 fully saturated rings. The summed E-state index contributed by atoms with van der Waals surface area (Å²) in [5.74, 6) is 0.770. The van der Waals surface area contributed by atoms with E-state index in [1.807, 2.05) is 24.3 Å². The molecule has 148 valence electrons. The molecule has 2 aromatic rings. The maximum Gasteiger partial charge on any atom is 0.408 e. The van der Waals surface area contributed by atoms with E-state index in [0.29, 0.717) is 11.5 Å². The summed E-state index contributed by atoms with van der Waals surface area (Å²) < 4.78 is 15.8. The molecule has 0 heterocycles. The summed E-state index contributed by atoms with van der Waals surface area (Å²) >= 11 is 0. The molecule has 0 aliphatic heterocycles. The van der Waals surface area contributed by atoms with Crippen molar-refractivity contribution in [3.05, 3.63) is 59.7 Å². The van der Waals surface area contributed by atoms with E-state index in [2.05, 4.69) is 11.4 Å². The number of benzene rings is 2. The first-order valence-corrected chi connectivity index (χ1v) is 8.94. The molecule has 2 atom stereocenters. The fourth-order valence-electron chi connectivity index (χ4n) is 2.76. The van der Waals surface area contributed by atoms with Gasteiger partial charge in [-0.05, 0) is 56.2 Å². The zero-order valence-electron chi connectivity index (χ0n) is 16.9. The van der Waals surface area contributed by atoms with Gasteiger partial charge in [-0.15, -0.1) is 0 Å². The van der Waals surface area contributed by atoms with Gasteiger partial charge in [-0.2, -0.15) is 5.26 Å². The van der Waals surface area contributed by atoms with Crippen molar-refractivity contribution in [1.29, 1.82) is 5.26 Å². The molecule has 0 aromatic heterocycles. The number of carbonyl (C=O) groups excluding carboxylic acids is 1. The van der Waals surface area contributed by atoms with Crippen LogP contribution in [0.25, 0.3) is 0 Å². The molecule has 2 aromatic carbocycles. The Morgan fingerprint density at radius 3 is 1.79 bits per heavy atom. The predicted octanol–water partition coefficient (Wildman–Crippen LogP) is 4.58. The number of nitrogens with zero attached hydrogens (tertiary/aromatic N) is 1. The molecule has 0 aliphatic carbocycles. The normalized spacial score (nSPS) is 13.0. The second kappa shape index (κ2) is 9.14. The van der Waals surface area contributed by atoms with Crippen molar-refractivity contribution < 1.29 is 19.0 Å². The van der Waals surface area contributed by atoms with Gasteiger partial charge in [-0.25, -0.2) is 4.79 Å². The van der Waals surface area contributed by atoms with Crippen LogP contribution in [0.5, 0.6) is 11.5 Å². The lowest BCUT2D eigenvalue weighted by Gasteiger charge is -2.27. The summed E-state index contributed by atoms with van der Waals surface area (Å²) in [6, 6.07) is 16.2. The topological polar surface area (TPSA) is 80.6 Å². The van der Waals surface area contributed by atoms with E-state index >= 15 is 0 Å². The van der Waals surface area contributed by atoms with Gasteiger partial charge in [-0.3, -0.25) is 0 Å². The summed E-state index contributed by atoms with van der Waals surface area (Å²) in [5, 5.41) is 12.7. The van der Waals surface area contributed by atoms with Gasteiger partial charge < -0.3 is 19.5 Å². The molecular weight excluding hydrogens is 356 g/mol. The van der Waals surface area contributed by atoms with E-state index in [-0.39, 0.29) is 0 Å². The Morgan fingerprint density at radius 1 is 0.929 bits per heavy atom. The maximum absolute atomic E-state index is 12.4. The number of amides is 1. The minimum Gasteiger partial charge on any atom is -0.497 e. The summed E-state index contributed by atoms with van der Waals surface area (Å²) in [4.78, 5) is 12.4. The van der Waals surface area contributed by atoms with Gasteiger partial charge in [0.15, 0.2) is 0 Å². The van der Waals surface area contributed by atoms with E-state index in [9.17, 15) is 10.1 Å². The fraction of sp³-hybridized carbons (Fsp3) is 0.364. The first-order chi connectivity index (χ1) is 13.3. The molecule has 0 bridgehead atoms. The van der Waals surface area contributed by atoms with Crippen LogP contribution in [0.15, 0.2) is 48.5 Å². The van der Waals surface area contributed by atoms with Crippen LogP contribution in [0, 0.1) is 11.3 Å². The Morgan fingerprint density at radius 2 is 1.39 bits per heavy atom. The first kappa shape index (κ1) is 21.1. The minimum atomic E-state index is -0.642. The van der Waals surface area contributed by atoms with Crippen LogP contribution in [-0.4, -0.2) is 25.9 Å². The van der Waals surface area contributed by atoms with Gasteiger partial charge in [0.05, 0.1) is 32.2 Å². The number of hydrogen-bond acceptors (Lipinski definition) is 5. The third-order valence-electron chi connectivity index (χ3n) is 4.09. The van der Waals surface area contributed by atoms with Gasteiger partial charge in [0.25, 0.3) is 0 Å². The summed E-state index contributed by atoms with van der Waals surface area (Å²) in [6.07, 6.45) is -0.581. The van der Waals surface area contributed by atoms with E-state index in [1.54, 1.807) is 59.3 Å². The van der Waals surface area contributed by atoms with E-state index in [4.69, 9.17) is 14.2 Å². The average molecular weight is 382 g/mol. The standard InChI is InChI=1S/C22H26N2O4/c1-22(2,3)28-21(25)24-20(16-8-12-18(27-5)13-9-16)19(14-23)15-6-10-17(26-4)11-7-15/h6-13,19-20H,1-5H3,(H,24,25)/t19-,20-/m0/s1.